The normalized spacial score (nSPS) is 11.1. The highest BCUT2D eigenvalue weighted by atomic mass is 16.1. The van der Waals surface area contributed by atoms with Gasteiger partial charge in [0.05, 0.1) is 0 Å². The summed E-state index contributed by atoms with van der Waals surface area (Å²) in [6, 6.07) is 7.60. The lowest BCUT2D eigenvalue weighted by Crippen LogP contribution is -2.13. The topological polar surface area (TPSA) is 23.6 Å². The second-order valence-corrected chi connectivity index (χ2v) is 4.44. The maximum Gasteiger partial charge on any atom is 0.187 e. The average molecular weight is 244 g/mol. The fourth-order valence-corrected chi connectivity index (χ4v) is 1.53. The van der Waals surface area contributed by atoms with E-state index in [-0.39, 0.29) is 5.78 Å². The molecule has 0 amide bonds. The number of carbonyl (C=O) groups is 1. The first kappa shape index (κ1) is 14.0. The highest BCUT2D eigenvalue weighted by Gasteiger charge is 2.08. The summed E-state index contributed by atoms with van der Waals surface area (Å²) in [7, 11) is 7.74. The van der Waals surface area contributed by atoms with Crippen LogP contribution in [-0.2, 0) is 0 Å². The van der Waals surface area contributed by atoms with Gasteiger partial charge in [-0.3, -0.25) is 4.79 Å². The summed E-state index contributed by atoms with van der Waals surface area (Å²) in [6.45, 7) is 0. The second kappa shape index (κ2) is 6.64. The molecule has 1 aromatic rings. The molecule has 3 heteroatoms. The minimum absolute atomic E-state index is 0.0164. The van der Waals surface area contributed by atoms with Gasteiger partial charge in [0.15, 0.2) is 5.78 Å². The standard InChI is InChI=1S/C15H20N2O/c1-16(2)12-8-7-11-15(18)13-9-5-6-10-14(13)17(3)4/h5-12H,1-4H3/b11-7+,12-8+. The van der Waals surface area contributed by atoms with Gasteiger partial charge in [-0.2, -0.15) is 0 Å². The van der Waals surface area contributed by atoms with Crippen molar-refractivity contribution in [1.82, 2.24) is 4.90 Å². The third kappa shape index (κ3) is 4.09. The van der Waals surface area contributed by atoms with Gasteiger partial charge in [-0.05, 0) is 30.5 Å². The molecule has 0 heterocycles. The predicted molar refractivity (Wildman–Crippen MR) is 77.1 cm³/mol. The smallest absolute Gasteiger partial charge is 0.187 e. The number of rotatable bonds is 5. The number of carbonyl (C=O) groups excluding carboxylic acids is 1. The fourth-order valence-electron chi connectivity index (χ4n) is 1.53. The third-order valence-electron chi connectivity index (χ3n) is 2.39. The minimum atomic E-state index is 0.0164. The van der Waals surface area contributed by atoms with Crippen molar-refractivity contribution in [2.24, 2.45) is 0 Å². The van der Waals surface area contributed by atoms with E-state index in [4.69, 9.17) is 0 Å². The van der Waals surface area contributed by atoms with E-state index in [9.17, 15) is 4.79 Å². The highest BCUT2D eigenvalue weighted by Crippen LogP contribution is 2.18. The summed E-state index contributed by atoms with van der Waals surface area (Å²) in [6.07, 6.45) is 7.08. The SMILES string of the molecule is CN(C)/C=C/C=C/C(=O)c1ccccc1N(C)C. The number of ketones is 1. The van der Waals surface area contributed by atoms with Gasteiger partial charge < -0.3 is 9.80 Å². The van der Waals surface area contributed by atoms with E-state index in [0.29, 0.717) is 0 Å². The zero-order valence-corrected chi connectivity index (χ0v) is 11.4. The molecule has 18 heavy (non-hydrogen) atoms. The largest absolute Gasteiger partial charge is 0.383 e. The number of nitrogens with zero attached hydrogens (tertiary/aromatic N) is 2. The number of hydrogen-bond acceptors (Lipinski definition) is 3. The zero-order valence-electron chi connectivity index (χ0n) is 11.4. The maximum atomic E-state index is 12.1. The van der Waals surface area contributed by atoms with Gasteiger partial charge in [0.1, 0.15) is 0 Å². The molecular formula is C15H20N2O. The lowest BCUT2D eigenvalue weighted by atomic mass is 10.1. The van der Waals surface area contributed by atoms with E-state index in [2.05, 4.69) is 0 Å². The van der Waals surface area contributed by atoms with Gasteiger partial charge in [-0.15, -0.1) is 0 Å². The van der Waals surface area contributed by atoms with Crippen LogP contribution in [0.25, 0.3) is 0 Å². The number of benzene rings is 1. The molecule has 0 fully saturated rings. The number of hydrogen-bond donors (Lipinski definition) is 0. The summed E-state index contributed by atoms with van der Waals surface area (Å²) < 4.78 is 0. The number of para-hydroxylation sites is 1. The molecule has 0 saturated heterocycles. The average Bonchev–Trinajstić information content (AvgIpc) is 2.34. The van der Waals surface area contributed by atoms with Crippen LogP contribution < -0.4 is 4.90 Å². The summed E-state index contributed by atoms with van der Waals surface area (Å²) >= 11 is 0. The molecule has 0 N–H and O–H groups in total. The van der Waals surface area contributed by atoms with E-state index in [0.717, 1.165) is 11.3 Å². The van der Waals surface area contributed by atoms with Crippen LogP contribution in [0.2, 0.25) is 0 Å². The number of allylic oxidation sites excluding steroid dienone is 3. The van der Waals surface area contributed by atoms with Crippen molar-refractivity contribution in [1.29, 1.82) is 0 Å². The van der Waals surface area contributed by atoms with Crippen LogP contribution in [0.15, 0.2) is 48.7 Å². The Balaban J connectivity index is 2.85. The molecule has 1 aromatic carbocycles. The zero-order chi connectivity index (χ0) is 13.5. The fraction of sp³-hybridized carbons (Fsp3) is 0.267. The van der Waals surface area contributed by atoms with Crippen LogP contribution in [0.1, 0.15) is 10.4 Å². The van der Waals surface area contributed by atoms with Crippen molar-refractivity contribution < 1.29 is 4.79 Å². The van der Waals surface area contributed by atoms with Crippen LogP contribution in [0.3, 0.4) is 0 Å². The Bertz CT molecular complexity index is 459. The Morgan fingerprint density at radius 2 is 1.72 bits per heavy atom. The molecule has 0 aromatic heterocycles. The van der Waals surface area contributed by atoms with Gasteiger partial charge in [0.25, 0.3) is 0 Å². The van der Waals surface area contributed by atoms with Crippen LogP contribution >= 0.6 is 0 Å². The molecule has 1 rings (SSSR count). The van der Waals surface area contributed by atoms with E-state index < -0.39 is 0 Å². The van der Waals surface area contributed by atoms with Crippen molar-refractivity contribution in [2.45, 2.75) is 0 Å². The van der Waals surface area contributed by atoms with Crippen molar-refractivity contribution in [2.75, 3.05) is 33.1 Å². The van der Waals surface area contributed by atoms with Gasteiger partial charge in [0, 0.05) is 39.4 Å². The highest BCUT2D eigenvalue weighted by molar-refractivity contribution is 6.08. The molecule has 0 bridgehead atoms. The maximum absolute atomic E-state index is 12.1. The Kier molecular flexibility index (Phi) is 5.18. The molecule has 0 aliphatic carbocycles. The Hall–Kier alpha value is -2.03. The van der Waals surface area contributed by atoms with Gasteiger partial charge in [-0.1, -0.05) is 18.2 Å². The van der Waals surface area contributed by atoms with Gasteiger partial charge in [-0.25, -0.2) is 0 Å². The van der Waals surface area contributed by atoms with Crippen LogP contribution in [0.5, 0.6) is 0 Å². The van der Waals surface area contributed by atoms with Crippen LogP contribution in [0.4, 0.5) is 5.69 Å². The summed E-state index contributed by atoms with van der Waals surface area (Å²) in [4.78, 5) is 15.9. The molecule has 0 radical (unpaired) electrons. The molecule has 3 nitrogen and oxygen atoms in total. The monoisotopic (exact) mass is 244 g/mol. The summed E-state index contributed by atoms with van der Waals surface area (Å²) in [5.41, 5.74) is 1.65. The lowest BCUT2D eigenvalue weighted by molar-refractivity contribution is 0.104. The third-order valence-corrected chi connectivity index (χ3v) is 2.39. The Morgan fingerprint density at radius 1 is 1.06 bits per heavy atom. The van der Waals surface area contributed by atoms with E-state index in [1.54, 1.807) is 12.2 Å². The van der Waals surface area contributed by atoms with Crippen LogP contribution in [-0.4, -0.2) is 38.9 Å². The van der Waals surface area contributed by atoms with E-state index in [1.807, 2.05) is 74.5 Å². The molecule has 0 aliphatic rings. The van der Waals surface area contributed by atoms with Gasteiger partial charge >= 0.3 is 0 Å². The summed E-state index contributed by atoms with van der Waals surface area (Å²) in [5.74, 6) is 0.0164. The first-order valence-corrected chi connectivity index (χ1v) is 5.84. The molecular weight excluding hydrogens is 224 g/mol. The summed E-state index contributed by atoms with van der Waals surface area (Å²) in [5, 5.41) is 0. The van der Waals surface area contributed by atoms with Crippen molar-refractivity contribution in [3.63, 3.8) is 0 Å². The molecule has 0 spiro atoms. The first-order chi connectivity index (χ1) is 8.52. The Labute approximate surface area is 109 Å². The minimum Gasteiger partial charge on any atom is -0.383 e. The van der Waals surface area contributed by atoms with E-state index >= 15 is 0 Å². The first-order valence-electron chi connectivity index (χ1n) is 5.84. The van der Waals surface area contributed by atoms with Crippen molar-refractivity contribution in [3.8, 4) is 0 Å². The lowest BCUT2D eigenvalue weighted by Gasteiger charge is -2.15. The van der Waals surface area contributed by atoms with Crippen LogP contribution in [0, 0.1) is 0 Å². The van der Waals surface area contributed by atoms with Gasteiger partial charge in [0.2, 0.25) is 0 Å². The van der Waals surface area contributed by atoms with E-state index in [1.165, 1.54) is 0 Å². The molecule has 0 saturated carbocycles. The molecule has 0 aliphatic heterocycles. The molecule has 0 atom stereocenters. The quantitative estimate of drug-likeness (QED) is 0.452. The predicted octanol–water partition coefficient (Wildman–Crippen LogP) is 2.57. The molecule has 96 valence electrons. The second-order valence-electron chi connectivity index (χ2n) is 4.44. The van der Waals surface area contributed by atoms with Crippen molar-refractivity contribution >= 4 is 11.5 Å². The Morgan fingerprint density at radius 3 is 2.33 bits per heavy atom. The van der Waals surface area contributed by atoms with Crippen molar-refractivity contribution in [3.05, 3.63) is 54.3 Å². The number of anilines is 1. The molecule has 0 unspecified atom stereocenters.